The van der Waals surface area contributed by atoms with Crippen LogP contribution in [-0.2, 0) is 6.42 Å². The second-order valence-electron chi connectivity index (χ2n) is 24.9. The number of aliphatic hydroxyl groups excluding tert-OH is 2. The molecule has 0 spiro atoms. The number of nitrogens with one attached hydrogen (secondary N) is 4. The molecule has 6 amide bonds. The molecule has 6 aromatic rings. The van der Waals surface area contributed by atoms with E-state index in [1.165, 1.54) is 57.4 Å². The number of nitrogens with zero attached hydrogens (tertiary/aromatic N) is 12. The zero-order valence-corrected chi connectivity index (χ0v) is 53.3. The monoisotopic (exact) mass is 1380 g/mol. The molecule has 3 saturated heterocycles. The quantitative estimate of drug-likeness (QED) is 0.0388. The van der Waals surface area contributed by atoms with Crippen LogP contribution in [0.1, 0.15) is 108 Å². The highest BCUT2D eigenvalue weighted by Crippen LogP contribution is 2.43. The number of hydrogen-bond donors (Lipinski definition) is 6. The Balaban J connectivity index is 0.000000160. The lowest BCUT2D eigenvalue weighted by atomic mass is 10.0. The number of carbonyl (C=O) groups is 6. The number of aryl methyl sites for hydroxylation is 2. The van der Waals surface area contributed by atoms with Gasteiger partial charge in [0, 0.05) is 83.1 Å². The maximum absolute atomic E-state index is 13.3. The van der Waals surface area contributed by atoms with Crippen molar-refractivity contribution in [1.82, 2.24) is 35.1 Å². The molecule has 6 bridgehead atoms. The molecule has 522 valence electrons. The minimum absolute atomic E-state index is 0.0921. The van der Waals surface area contributed by atoms with E-state index in [4.69, 9.17) is 5.11 Å². The number of aromatic nitrogens is 7. The summed E-state index contributed by atoms with van der Waals surface area (Å²) in [5, 5.41) is 34.3. The van der Waals surface area contributed by atoms with Crippen LogP contribution >= 0.6 is 0 Å². The van der Waals surface area contributed by atoms with Crippen LogP contribution in [0.2, 0.25) is 0 Å². The molecule has 7 atom stereocenters. The Kier molecular flexibility index (Phi) is 21.0. The number of halogens is 9. The summed E-state index contributed by atoms with van der Waals surface area (Å²) >= 11 is 0. The van der Waals surface area contributed by atoms with Crippen molar-refractivity contribution in [3.8, 4) is 0 Å². The second kappa shape index (κ2) is 29.1. The first-order valence-corrected chi connectivity index (χ1v) is 31.4. The average Bonchev–Trinajstić information content (AvgIpc) is 1.50. The molecule has 0 unspecified atom stereocenters. The molecular formula is C64H69F9N16O9. The summed E-state index contributed by atoms with van der Waals surface area (Å²) in [7, 11) is 0. The minimum atomic E-state index is -4.49. The molecule has 0 aliphatic carbocycles. The molecule has 3 fully saturated rings. The number of carbonyl (C=O) groups excluding carboxylic acids is 6. The number of fused-ring (bicyclic) bond motifs is 12. The highest BCUT2D eigenvalue weighted by molar-refractivity contribution is 6.07. The van der Waals surface area contributed by atoms with E-state index in [0.717, 1.165) is 31.9 Å². The van der Waals surface area contributed by atoms with E-state index >= 15 is 0 Å². The summed E-state index contributed by atoms with van der Waals surface area (Å²) in [6, 6.07) is 14.6. The Morgan fingerprint density at radius 2 is 1.00 bits per heavy atom. The van der Waals surface area contributed by atoms with Gasteiger partial charge < -0.3 is 29.9 Å². The molecule has 0 aromatic carbocycles. The first kappa shape index (κ1) is 70.9. The number of urea groups is 3. The van der Waals surface area contributed by atoms with Crippen molar-refractivity contribution in [2.45, 2.75) is 122 Å². The molecule has 6 aromatic heterocycles. The summed E-state index contributed by atoms with van der Waals surface area (Å²) in [5.74, 6) is -6.12. The molecule has 12 rings (SSSR count). The molecule has 6 aliphatic heterocycles. The fourth-order valence-corrected chi connectivity index (χ4v) is 12.1. The van der Waals surface area contributed by atoms with Gasteiger partial charge in [-0.25, -0.2) is 34.3 Å². The number of Topliss-reactive ketones (excluding diaryl/α,β-unsaturated/α-hetero) is 3. The molecule has 0 saturated carbocycles. The summed E-state index contributed by atoms with van der Waals surface area (Å²) in [6.45, 7) is 8.18. The van der Waals surface area contributed by atoms with Crippen molar-refractivity contribution in [2.24, 2.45) is 17.8 Å². The summed E-state index contributed by atoms with van der Waals surface area (Å²) < 4.78 is 116. The number of rotatable bonds is 16. The van der Waals surface area contributed by atoms with Crippen molar-refractivity contribution >= 4 is 87.4 Å². The van der Waals surface area contributed by atoms with Crippen molar-refractivity contribution in [1.29, 1.82) is 0 Å². The zero-order valence-electron chi connectivity index (χ0n) is 53.3. The van der Waals surface area contributed by atoms with Gasteiger partial charge >= 0.3 is 36.6 Å². The lowest BCUT2D eigenvalue weighted by molar-refractivity contribution is -0.169. The Bertz CT molecular complexity index is 4050. The number of aromatic amines is 1. The van der Waals surface area contributed by atoms with Gasteiger partial charge in [-0.2, -0.15) is 44.6 Å². The number of anilines is 9. The van der Waals surface area contributed by atoms with E-state index in [9.17, 15) is 78.2 Å². The number of amides is 6. The molecule has 0 radical (unpaired) electrons. The minimum Gasteiger partial charge on any atom is -0.394 e. The van der Waals surface area contributed by atoms with Gasteiger partial charge in [0.25, 0.3) is 0 Å². The molecule has 6 aliphatic rings. The van der Waals surface area contributed by atoms with Gasteiger partial charge in [-0.15, -0.1) is 5.10 Å². The van der Waals surface area contributed by atoms with E-state index in [1.807, 2.05) is 16.7 Å². The molecular weight excluding hydrogens is 1310 g/mol. The maximum atomic E-state index is 13.3. The molecule has 6 N–H and O–H groups in total. The van der Waals surface area contributed by atoms with E-state index in [2.05, 4.69) is 56.0 Å². The van der Waals surface area contributed by atoms with Crippen LogP contribution in [-0.4, -0.2) is 169 Å². The number of hydrogen-bond acceptors (Lipinski definition) is 18. The Morgan fingerprint density at radius 3 is 1.40 bits per heavy atom. The standard InChI is InChI=1S/C24H28F3N5O4.C20H21F3N6O2.C20H20F3N5O3/c1-14(24(25,26)27)10-20(35)18-4-5-19-22(29-18)32(16-7-9-31(19)12-16)23(36)30-21-11-15(6-8-28-21)2-3-17(34)13-33;1-11-7-17(27-24-9-11)26-19(31)29-13-5-6-28(10-13)15-4-3-14(25-18(15)29)16(30)8-12(2)20(21,22)23;1-11(20(21,22)23)8-16(30)14-2-3-15-18(25-14)28(12-5-7-27(15)10-12)19(31)26-17-9-13(29)4-6-24-17/h4-6,8,11,14,16-17,33-34H,2-3,7,9-10,12-13H2,1H3,(H,28,30,36);3-4,7,9,12-13H,5-6,8,10H2,1-2H3,(H,26,27,31);2-4,6,9,11-12H,5,7-8,10H2,1H3,(H2,24,26,29,31)/t14-,16-,17+;12-,13-;11-,12-/m000/s1. The number of pyridine rings is 5. The van der Waals surface area contributed by atoms with E-state index in [0.29, 0.717) is 88.4 Å². The number of H-pyrrole nitrogens is 1. The summed E-state index contributed by atoms with van der Waals surface area (Å²) in [5.41, 5.74) is 2.95. The lowest BCUT2D eigenvalue weighted by Gasteiger charge is -2.35. The third-order valence-electron chi connectivity index (χ3n) is 17.6. The maximum Gasteiger partial charge on any atom is 0.391 e. The largest absolute Gasteiger partial charge is 0.394 e. The first-order chi connectivity index (χ1) is 46.3. The van der Waals surface area contributed by atoms with Crippen LogP contribution in [0.4, 0.5) is 106 Å². The Morgan fingerprint density at radius 1 is 0.582 bits per heavy atom. The predicted octanol–water partition coefficient (Wildman–Crippen LogP) is 9.92. The molecule has 12 heterocycles. The topological polar surface area (TPSA) is 309 Å². The van der Waals surface area contributed by atoms with Crippen LogP contribution in [0, 0.1) is 24.7 Å². The Hall–Kier alpha value is -9.86. The normalized spacial score (nSPS) is 18.5. The van der Waals surface area contributed by atoms with Gasteiger partial charge in [-0.1, -0.05) is 20.8 Å². The van der Waals surface area contributed by atoms with Crippen molar-refractivity contribution in [2.75, 3.05) is 91.2 Å². The van der Waals surface area contributed by atoms with Crippen LogP contribution in [0.3, 0.4) is 0 Å². The predicted molar refractivity (Wildman–Crippen MR) is 341 cm³/mol. The van der Waals surface area contributed by atoms with Crippen molar-refractivity contribution in [3.05, 3.63) is 124 Å². The van der Waals surface area contributed by atoms with Crippen molar-refractivity contribution in [3.63, 3.8) is 0 Å². The third-order valence-corrected chi connectivity index (χ3v) is 17.6. The third kappa shape index (κ3) is 16.4. The van der Waals surface area contributed by atoms with Crippen LogP contribution < -0.4 is 50.8 Å². The lowest BCUT2D eigenvalue weighted by Crippen LogP contribution is -2.48. The van der Waals surface area contributed by atoms with Crippen LogP contribution in [0.15, 0.2) is 90.1 Å². The average molecular weight is 1380 g/mol. The van der Waals surface area contributed by atoms with E-state index in [-0.39, 0.29) is 82.2 Å². The van der Waals surface area contributed by atoms with Gasteiger partial charge in [0.1, 0.15) is 28.7 Å². The number of alkyl halides is 9. The van der Waals surface area contributed by atoms with Crippen molar-refractivity contribution < 1.29 is 78.5 Å². The van der Waals surface area contributed by atoms with Gasteiger partial charge in [0.05, 0.1) is 71.8 Å². The smallest absolute Gasteiger partial charge is 0.391 e. The second-order valence-corrected chi connectivity index (χ2v) is 24.9. The zero-order chi connectivity index (χ0) is 70.7. The van der Waals surface area contributed by atoms with Gasteiger partial charge in [0.2, 0.25) is 0 Å². The Labute approximate surface area is 553 Å². The van der Waals surface area contributed by atoms with E-state index < -0.39 is 97.1 Å². The first-order valence-electron chi connectivity index (χ1n) is 31.4. The molecule has 25 nitrogen and oxygen atoms in total. The van der Waals surface area contributed by atoms with Gasteiger partial charge in [-0.05, 0) is 105 Å². The SMILES string of the molecule is C[C@@H](CC(=O)c1ccc2c(n1)N(C(=O)Nc1cc(=O)cc[nH]1)[C@H]1CCN2C1)C(F)(F)F.C[C@@H](CC(=O)c1ccc2c(n1)N(C(=O)Nc1cc(CC[C@@H](O)CO)ccn1)[C@H]1CCN2C1)C(F)(F)F.Cc1cnnc(NC(=O)N2c3nc(C(=O)C[C@H](C)C(F)(F)F)ccc3N3CC[C@H]2C3)c1. The van der Waals surface area contributed by atoms with Gasteiger partial charge in [-0.3, -0.25) is 49.8 Å². The fourth-order valence-electron chi connectivity index (χ4n) is 12.1. The molecule has 34 heteroatoms. The fraction of sp³-hybridized carbons (Fsp3) is 0.453. The number of aliphatic hydroxyl groups is 2. The van der Waals surface area contributed by atoms with E-state index in [1.54, 1.807) is 42.6 Å². The van der Waals surface area contributed by atoms with Crippen LogP contribution in [0.25, 0.3) is 0 Å². The summed E-state index contributed by atoms with van der Waals surface area (Å²) in [6.07, 6.45) is -9.07. The van der Waals surface area contributed by atoms with Crippen LogP contribution in [0.5, 0.6) is 0 Å². The molecule has 98 heavy (non-hydrogen) atoms. The highest BCUT2D eigenvalue weighted by Gasteiger charge is 2.46. The van der Waals surface area contributed by atoms with Gasteiger partial charge in [0.15, 0.2) is 46.0 Å². The summed E-state index contributed by atoms with van der Waals surface area (Å²) in [4.78, 5) is 119. The number of ketones is 3. The highest BCUT2D eigenvalue weighted by atomic mass is 19.4.